The van der Waals surface area contributed by atoms with Crippen LogP contribution in [0.3, 0.4) is 0 Å². The minimum Gasteiger partial charge on any atom is -0.387 e. The molecule has 0 aromatic carbocycles. The maximum Gasteiger partial charge on any atom is 0.490 e. The fourth-order valence-electron chi connectivity index (χ4n) is 4.25. The molecule has 0 amide bonds. The molecule has 4 heterocycles. The molecule has 2 aliphatic heterocycles. The van der Waals surface area contributed by atoms with E-state index in [2.05, 4.69) is 22.0 Å². The van der Waals surface area contributed by atoms with Gasteiger partial charge in [0.05, 0.1) is 13.2 Å². The summed E-state index contributed by atoms with van der Waals surface area (Å²) in [7, 11) is -24.1. The average molecular weight is 813 g/mol. The zero-order chi connectivity index (χ0) is 36.7. The summed E-state index contributed by atoms with van der Waals surface area (Å²) in [6.45, 7) is -2.43. The van der Waals surface area contributed by atoms with Gasteiger partial charge in [-0.15, -0.1) is 0 Å². The quantitative estimate of drug-likeness (QED) is 0.0634. The molecule has 4 unspecified atom stereocenters. The molecule has 0 saturated carbocycles. The Labute approximate surface area is 297 Å². The molecule has 0 spiro atoms. The number of rotatable bonds is 14. The van der Waals surface area contributed by atoms with Crippen LogP contribution in [0.4, 0.5) is 0 Å². The van der Waals surface area contributed by atoms with Crippen molar-refractivity contribution in [1.29, 1.82) is 0 Å². The number of phosphoric ester groups is 2. The van der Waals surface area contributed by atoms with Crippen LogP contribution in [0, 0.1) is 0 Å². The van der Waals surface area contributed by atoms with E-state index in [1.165, 1.54) is 0 Å². The van der Waals surface area contributed by atoms with Crippen LogP contribution in [-0.4, -0.2) is 138 Å². The molecule has 2 aromatic heterocycles. The number of hydrogen-bond acceptors (Lipinski definition) is 19. The minimum atomic E-state index is -6.24. The molecular formula is C18H26N4NaO23P4. The Kier molecular flexibility index (Phi) is 14.1. The first-order valence-electron chi connectivity index (χ1n) is 12.9. The van der Waals surface area contributed by atoms with Crippen molar-refractivity contribution in [2.45, 2.75) is 49.1 Å². The zero-order valence-corrected chi connectivity index (χ0v) is 30.3. The molecule has 2 saturated heterocycles. The van der Waals surface area contributed by atoms with E-state index in [1.54, 1.807) is 0 Å². The monoisotopic (exact) mass is 813 g/mol. The van der Waals surface area contributed by atoms with Gasteiger partial charge < -0.3 is 49.5 Å². The predicted octanol–water partition coefficient (Wildman–Crippen LogP) is -4.57. The predicted molar refractivity (Wildman–Crippen MR) is 155 cm³/mol. The van der Waals surface area contributed by atoms with Crippen LogP contribution in [0.5, 0.6) is 0 Å². The molecular weight excluding hydrogens is 787 g/mol. The average Bonchev–Trinajstić information content (AvgIpc) is 3.38. The summed E-state index contributed by atoms with van der Waals surface area (Å²) in [5.74, 6) is 0. The van der Waals surface area contributed by atoms with Crippen LogP contribution in [0.15, 0.2) is 43.7 Å². The third-order valence-electron chi connectivity index (χ3n) is 6.35. The molecule has 277 valence electrons. The molecule has 27 nitrogen and oxygen atoms in total. The second kappa shape index (κ2) is 16.4. The Morgan fingerprint density at radius 3 is 1.24 bits per heavy atom. The van der Waals surface area contributed by atoms with Crippen LogP contribution < -0.4 is 22.5 Å². The van der Waals surface area contributed by atoms with Gasteiger partial charge in [0.25, 0.3) is 11.1 Å². The Morgan fingerprint density at radius 1 is 0.600 bits per heavy atom. The van der Waals surface area contributed by atoms with Crippen LogP contribution >= 0.6 is 31.3 Å². The van der Waals surface area contributed by atoms with Gasteiger partial charge in [-0.2, -0.15) is 12.9 Å². The van der Waals surface area contributed by atoms with Crippen molar-refractivity contribution >= 4 is 60.8 Å². The number of aliphatic hydroxyl groups excluding tert-OH is 4. The molecule has 50 heavy (non-hydrogen) atoms. The molecule has 2 aliphatic rings. The molecule has 2 fully saturated rings. The second-order valence-electron chi connectivity index (χ2n) is 9.84. The summed E-state index contributed by atoms with van der Waals surface area (Å²) in [4.78, 5) is 89.1. The van der Waals surface area contributed by atoms with Crippen LogP contribution in [0.2, 0.25) is 0 Å². The van der Waals surface area contributed by atoms with Crippen molar-refractivity contribution in [1.82, 2.24) is 19.1 Å². The Hall–Kier alpha value is -1.32. The van der Waals surface area contributed by atoms with Gasteiger partial charge in [0.15, 0.2) is 12.5 Å². The Balaban J connectivity index is 0.00000676. The number of H-pyrrole nitrogens is 2. The van der Waals surface area contributed by atoms with Crippen LogP contribution in [0.1, 0.15) is 12.5 Å². The first-order valence-corrected chi connectivity index (χ1v) is 18.9. The molecule has 0 bridgehead atoms. The van der Waals surface area contributed by atoms with Crippen molar-refractivity contribution in [3.63, 3.8) is 0 Å². The van der Waals surface area contributed by atoms with E-state index in [4.69, 9.17) is 9.47 Å². The first kappa shape index (κ1) is 43.1. The smallest absolute Gasteiger partial charge is 0.387 e. The van der Waals surface area contributed by atoms with E-state index in [9.17, 15) is 77.4 Å². The molecule has 2 aromatic rings. The van der Waals surface area contributed by atoms with Gasteiger partial charge in [-0.25, -0.2) is 27.8 Å². The summed E-state index contributed by atoms with van der Waals surface area (Å²) in [6, 6.07) is 1.73. The van der Waals surface area contributed by atoms with Crippen molar-refractivity contribution in [2.75, 3.05) is 13.2 Å². The number of aromatic amines is 2. The van der Waals surface area contributed by atoms with Crippen molar-refractivity contribution in [2.24, 2.45) is 0 Å². The van der Waals surface area contributed by atoms with Crippen molar-refractivity contribution < 1.29 is 89.7 Å². The van der Waals surface area contributed by atoms with Gasteiger partial charge in [-0.05, 0) is 0 Å². The van der Waals surface area contributed by atoms with E-state index in [0.29, 0.717) is 9.13 Å². The molecule has 4 rings (SSSR count). The number of hydrogen-bond donors (Lipinski definition) is 10. The van der Waals surface area contributed by atoms with Crippen molar-refractivity contribution in [3.05, 3.63) is 66.2 Å². The number of aliphatic hydroxyl groups is 4. The Bertz CT molecular complexity index is 1830. The standard InChI is InChI=1S/C18H26N4O23P4.Na/c23-9-1-3-21(17(29)19-9)15-13(27)11(25)7(41-15)5-39-46(31,32)43-48(35,36)45-49(37,38)44-47(33,34)40-6-8-12(26)14(28)16(42-8)22-4-2-10(24)20-18(22)30;/h1-4,7-8,11-16,25-28H,5-6H2,(H,31,32)(H,33,34)(H,35,36)(H,37,38)(H,19,23,29)(H,20,24,30);/t7-,8-,11-,12-,13-,14-,15-,16-;/m1./s1. The summed E-state index contributed by atoms with van der Waals surface area (Å²) in [5, 5.41) is 40.7. The number of aromatic nitrogens is 4. The van der Waals surface area contributed by atoms with Crippen LogP contribution in [0.25, 0.3) is 0 Å². The second-order valence-corrected chi connectivity index (χ2v) is 16.1. The number of phosphoric acid groups is 4. The fourth-order valence-corrected chi connectivity index (χ4v) is 9.20. The topological polar surface area (TPSA) is 404 Å². The molecule has 12 atom stereocenters. The van der Waals surface area contributed by atoms with E-state index < -0.39 is 116 Å². The summed E-state index contributed by atoms with van der Waals surface area (Å²) < 4.78 is 80.5. The third-order valence-corrected chi connectivity index (χ3v) is 12.3. The van der Waals surface area contributed by atoms with E-state index >= 15 is 0 Å². The summed E-state index contributed by atoms with van der Waals surface area (Å²) in [5.41, 5.74) is -3.78. The summed E-state index contributed by atoms with van der Waals surface area (Å²) in [6.07, 6.45) is -12.6. The third kappa shape index (κ3) is 10.9. The van der Waals surface area contributed by atoms with E-state index in [0.717, 1.165) is 24.5 Å². The molecule has 1 radical (unpaired) electrons. The van der Waals surface area contributed by atoms with E-state index in [1.807, 2.05) is 9.97 Å². The minimum absolute atomic E-state index is 0. The zero-order valence-electron chi connectivity index (χ0n) is 24.7. The molecule has 0 aliphatic carbocycles. The largest absolute Gasteiger partial charge is 0.490 e. The van der Waals surface area contributed by atoms with E-state index in [-0.39, 0.29) is 29.6 Å². The van der Waals surface area contributed by atoms with Gasteiger partial charge in [-0.3, -0.25) is 37.7 Å². The van der Waals surface area contributed by atoms with Crippen LogP contribution in [-0.2, 0) is 49.7 Å². The van der Waals surface area contributed by atoms with Crippen molar-refractivity contribution in [3.8, 4) is 0 Å². The SMILES string of the molecule is O=c1ccn([C@@H]2O[C@H](COP(=O)(O)OP(=O)(O)OP(=O)(O)OP(=O)(O)OC[C@H]3O[C@@H](n4ccc(=O)[nH]c4=O)[C@H](O)[C@@H]3O)[C@@H](O)[C@H]2O)c(=O)[nH]1.[Na]. The number of nitrogens with zero attached hydrogens (tertiary/aromatic N) is 2. The Morgan fingerprint density at radius 2 is 0.920 bits per heavy atom. The van der Waals surface area contributed by atoms with Gasteiger partial charge >= 0.3 is 42.7 Å². The number of ether oxygens (including phenoxy) is 2. The molecule has 10 N–H and O–H groups in total. The van der Waals surface area contributed by atoms with Gasteiger partial charge in [0.2, 0.25) is 0 Å². The summed E-state index contributed by atoms with van der Waals surface area (Å²) >= 11 is 0. The maximum atomic E-state index is 12.2. The fraction of sp³-hybridized carbons (Fsp3) is 0.556. The van der Waals surface area contributed by atoms with Gasteiger partial charge in [-0.1, -0.05) is 0 Å². The normalized spacial score (nSPS) is 31.5. The number of nitrogens with one attached hydrogen (secondary N) is 2. The first-order chi connectivity index (χ1) is 22.5. The molecule has 32 heteroatoms. The maximum absolute atomic E-state index is 12.2. The van der Waals surface area contributed by atoms with Gasteiger partial charge in [0, 0.05) is 54.1 Å². The van der Waals surface area contributed by atoms with Gasteiger partial charge in [0.1, 0.15) is 36.6 Å².